The number of hydrogen-bond acceptors (Lipinski definition) is 7. The van der Waals surface area contributed by atoms with E-state index in [2.05, 4.69) is 29.4 Å². The van der Waals surface area contributed by atoms with Gasteiger partial charge in [0, 0.05) is 23.2 Å². The maximum atomic E-state index is 13.0. The highest BCUT2D eigenvalue weighted by Gasteiger charge is 2.31. The molecule has 2 aromatic carbocycles. The molecule has 186 valence electrons. The number of benzene rings is 2. The van der Waals surface area contributed by atoms with Gasteiger partial charge in [0.1, 0.15) is 11.6 Å². The van der Waals surface area contributed by atoms with Crippen molar-refractivity contribution in [2.75, 3.05) is 12.4 Å². The van der Waals surface area contributed by atoms with Crippen LogP contribution in [0.5, 0.6) is 5.75 Å². The molecule has 0 unspecified atom stereocenters. The minimum absolute atomic E-state index is 0.109. The number of methoxy groups -OCH3 is 1. The zero-order valence-electron chi connectivity index (χ0n) is 21.0. The first-order valence-corrected chi connectivity index (χ1v) is 12.7. The van der Waals surface area contributed by atoms with Crippen molar-refractivity contribution in [3.63, 3.8) is 0 Å². The van der Waals surface area contributed by atoms with Gasteiger partial charge in [-0.25, -0.2) is 4.98 Å². The quantitative estimate of drug-likeness (QED) is 0.367. The van der Waals surface area contributed by atoms with E-state index in [1.807, 2.05) is 66.8 Å². The Labute approximate surface area is 214 Å². The largest absolute Gasteiger partial charge is 0.497 e. The third kappa shape index (κ3) is 4.81. The number of carbonyl (C=O) groups excluding carboxylic acids is 1. The number of hydrogen-bond donors (Lipinski definition) is 1. The van der Waals surface area contributed by atoms with E-state index in [4.69, 9.17) is 14.5 Å². The molecular formula is C27H29N5O3S. The summed E-state index contributed by atoms with van der Waals surface area (Å²) in [6.07, 6.45) is 0.673. The van der Waals surface area contributed by atoms with Crippen molar-refractivity contribution in [2.24, 2.45) is 0 Å². The van der Waals surface area contributed by atoms with Crippen LogP contribution in [0.1, 0.15) is 37.6 Å². The molecule has 1 aliphatic heterocycles. The minimum atomic E-state index is -0.409. The Morgan fingerprint density at radius 2 is 1.86 bits per heavy atom. The molecule has 0 aliphatic carbocycles. The first-order valence-electron chi connectivity index (χ1n) is 11.8. The van der Waals surface area contributed by atoms with E-state index in [1.54, 1.807) is 7.11 Å². The molecule has 0 saturated heterocycles. The van der Waals surface area contributed by atoms with Crippen LogP contribution in [0.15, 0.2) is 53.7 Å². The van der Waals surface area contributed by atoms with Gasteiger partial charge in [-0.3, -0.25) is 9.20 Å². The van der Waals surface area contributed by atoms with Gasteiger partial charge in [0.15, 0.2) is 10.8 Å². The van der Waals surface area contributed by atoms with E-state index in [9.17, 15) is 4.79 Å². The van der Waals surface area contributed by atoms with Gasteiger partial charge in [-0.2, -0.15) is 0 Å². The molecule has 2 aromatic heterocycles. The molecule has 8 nitrogen and oxygen atoms in total. The van der Waals surface area contributed by atoms with E-state index in [0.717, 1.165) is 39.6 Å². The second-order valence-electron chi connectivity index (χ2n) is 9.57. The summed E-state index contributed by atoms with van der Waals surface area (Å²) >= 11 is 1.35. The van der Waals surface area contributed by atoms with Crippen LogP contribution in [0.25, 0.3) is 17.0 Å². The second kappa shape index (κ2) is 9.55. The summed E-state index contributed by atoms with van der Waals surface area (Å²) in [6.45, 7) is 8.41. The Bertz CT molecular complexity index is 1410. The third-order valence-electron chi connectivity index (χ3n) is 6.22. The summed E-state index contributed by atoms with van der Waals surface area (Å²) < 4.78 is 13.3. The van der Waals surface area contributed by atoms with Crippen LogP contribution in [-0.2, 0) is 22.6 Å². The lowest BCUT2D eigenvalue weighted by molar-refractivity contribution is -0.115. The van der Waals surface area contributed by atoms with Crippen LogP contribution in [0.4, 0.5) is 5.69 Å². The number of fused-ring (bicyclic) bond motifs is 3. The van der Waals surface area contributed by atoms with Crippen LogP contribution >= 0.6 is 11.8 Å². The molecule has 1 N–H and O–H groups in total. The van der Waals surface area contributed by atoms with Gasteiger partial charge in [-0.05, 0) is 64.1 Å². The number of anilines is 1. The normalized spacial score (nSPS) is 15.4. The van der Waals surface area contributed by atoms with E-state index < -0.39 is 5.25 Å². The lowest BCUT2D eigenvalue weighted by Crippen LogP contribution is -2.33. The Balaban J connectivity index is 1.53. The highest BCUT2D eigenvalue weighted by Crippen LogP contribution is 2.35. The zero-order valence-corrected chi connectivity index (χ0v) is 21.8. The lowest BCUT2D eigenvalue weighted by atomic mass is 9.96. The predicted molar refractivity (Wildman–Crippen MR) is 140 cm³/mol. The van der Waals surface area contributed by atoms with Crippen molar-refractivity contribution in [1.29, 1.82) is 0 Å². The number of nitrogens with zero attached hydrogens (tertiary/aromatic N) is 4. The monoisotopic (exact) mass is 503 g/mol. The first kappa shape index (κ1) is 24.3. The predicted octanol–water partition coefficient (Wildman–Crippen LogP) is 5.08. The lowest BCUT2D eigenvalue weighted by Gasteiger charge is -2.31. The standard InChI is InChI=1S/C27H29N5O3S/c1-16-6-10-19(11-7-16)28-25(33)17(2)36-26-31-30-24-21-15-35-27(3,4)14-22(21)29-23(32(24)26)18-8-12-20(34-5)13-9-18/h6-13,17H,14-15H2,1-5H3,(H,28,33)/t17-/m1/s1. The number of amides is 1. The molecule has 0 saturated carbocycles. The van der Waals surface area contributed by atoms with Crippen molar-refractivity contribution < 1.29 is 14.3 Å². The van der Waals surface area contributed by atoms with Gasteiger partial charge in [-0.1, -0.05) is 29.5 Å². The summed E-state index contributed by atoms with van der Waals surface area (Å²) in [5.74, 6) is 1.38. The second-order valence-corrected chi connectivity index (χ2v) is 10.9. The Kier molecular flexibility index (Phi) is 6.44. The van der Waals surface area contributed by atoms with E-state index in [1.165, 1.54) is 11.8 Å². The number of rotatable bonds is 6. The average molecular weight is 504 g/mol. The third-order valence-corrected chi connectivity index (χ3v) is 7.27. The maximum Gasteiger partial charge on any atom is 0.237 e. The van der Waals surface area contributed by atoms with Crippen molar-refractivity contribution in [3.8, 4) is 17.1 Å². The topological polar surface area (TPSA) is 90.6 Å². The average Bonchev–Trinajstić information content (AvgIpc) is 3.27. The summed E-state index contributed by atoms with van der Waals surface area (Å²) in [6, 6.07) is 15.5. The number of carbonyl (C=O) groups is 1. The molecule has 0 radical (unpaired) electrons. The molecule has 0 spiro atoms. The number of aromatic nitrogens is 4. The molecule has 3 heterocycles. The van der Waals surface area contributed by atoms with Crippen molar-refractivity contribution in [3.05, 3.63) is 65.4 Å². The highest BCUT2D eigenvalue weighted by molar-refractivity contribution is 8.00. The number of aryl methyl sites for hydroxylation is 1. The summed E-state index contributed by atoms with van der Waals surface area (Å²) in [5, 5.41) is 12.2. The smallest absolute Gasteiger partial charge is 0.237 e. The van der Waals surface area contributed by atoms with Crippen LogP contribution in [0.2, 0.25) is 0 Å². The Hall–Kier alpha value is -3.43. The van der Waals surface area contributed by atoms with E-state index in [-0.39, 0.29) is 11.5 Å². The molecular weight excluding hydrogens is 474 g/mol. The summed E-state index contributed by atoms with van der Waals surface area (Å²) in [7, 11) is 1.64. The molecule has 0 fully saturated rings. The fourth-order valence-electron chi connectivity index (χ4n) is 4.15. The summed E-state index contributed by atoms with van der Waals surface area (Å²) in [5.41, 5.74) is 5.09. The number of thioether (sulfide) groups is 1. The maximum absolute atomic E-state index is 13.0. The molecule has 9 heteroatoms. The van der Waals surface area contributed by atoms with Crippen molar-refractivity contribution >= 4 is 29.0 Å². The zero-order chi connectivity index (χ0) is 25.4. The first-order chi connectivity index (χ1) is 17.2. The molecule has 36 heavy (non-hydrogen) atoms. The molecule has 1 aliphatic rings. The minimum Gasteiger partial charge on any atom is -0.497 e. The van der Waals surface area contributed by atoms with Crippen LogP contribution < -0.4 is 10.1 Å². The van der Waals surface area contributed by atoms with Gasteiger partial charge < -0.3 is 14.8 Å². The fraction of sp³-hybridized carbons (Fsp3) is 0.333. The van der Waals surface area contributed by atoms with Crippen LogP contribution in [0.3, 0.4) is 0 Å². The molecule has 4 aromatic rings. The fourth-order valence-corrected chi connectivity index (χ4v) is 5.00. The Morgan fingerprint density at radius 3 is 2.56 bits per heavy atom. The number of nitrogens with one attached hydrogen (secondary N) is 1. The van der Waals surface area contributed by atoms with Gasteiger partial charge >= 0.3 is 0 Å². The SMILES string of the molecule is COc1ccc(-c2nc3c(c4nnc(S[C@H](C)C(=O)Nc5ccc(C)cc5)n24)COC(C)(C)C3)cc1. The number of ether oxygens (including phenoxy) is 2. The van der Waals surface area contributed by atoms with Gasteiger partial charge in [0.2, 0.25) is 5.91 Å². The van der Waals surface area contributed by atoms with E-state index >= 15 is 0 Å². The van der Waals surface area contributed by atoms with Crippen LogP contribution in [-0.4, -0.2) is 43.5 Å². The molecule has 1 amide bonds. The van der Waals surface area contributed by atoms with E-state index in [0.29, 0.717) is 23.8 Å². The highest BCUT2D eigenvalue weighted by atomic mass is 32.2. The van der Waals surface area contributed by atoms with Crippen molar-refractivity contribution in [2.45, 2.75) is 56.7 Å². The molecule has 0 bridgehead atoms. The molecule has 5 rings (SSSR count). The van der Waals surface area contributed by atoms with Crippen LogP contribution in [0, 0.1) is 6.92 Å². The van der Waals surface area contributed by atoms with Gasteiger partial charge in [-0.15, -0.1) is 10.2 Å². The van der Waals surface area contributed by atoms with Crippen molar-refractivity contribution in [1.82, 2.24) is 19.6 Å². The van der Waals surface area contributed by atoms with Gasteiger partial charge in [0.25, 0.3) is 0 Å². The molecule has 1 atom stereocenters. The van der Waals surface area contributed by atoms with Gasteiger partial charge in [0.05, 0.1) is 30.3 Å². The Morgan fingerprint density at radius 1 is 1.14 bits per heavy atom. The summed E-state index contributed by atoms with van der Waals surface area (Å²) in [4.78, 5) is 18.0.